The summed E-state index contributed by atoms with van der Waals surface area (Å²) < 4.78 is 5.31. The minimum Gasteiger partial charge on any atom is -0.355 e. The molecule has 0 atom stereocenters. The van der Waals surface area contributed by atoms with Crippen molar-refractivity contribution in [3.63, 3.8) is 0 Å². The molecule has 8 nitrogen and oxygen atoms in total. The van der Waals surface area contributed by atoms with Crippen molar-refractivity contribution in [2.24, 2.45) is 0 Å². The number of rotatable bonds is 6. The molecule has 26 heavy (non-hydrogen) atoms. The van der Waals surface area contributed by atoms with Crippen molar-refractivity contribution in [2.75, 3.05) is 23.3 Å². The summed E-state index contributed by atoms with van der Waals surface area (Å²) in [6, 6.07) is 0. The minimum atomic E-state index is -0.0964. The van der Waals surface area contributed by atoms with Crippen molar-refractivity contribution in [2.45, 2.75) is 57.3 Å². The Bertz CT molecular complexity index is 750. The van der Waals surface area contributed by atoms with Gasteiger partial charge >= 0.3 is 0 Å². The molecule has 1 saturated heterocycles. The fraction of sp³-hybridized carbons (Fsp3) is 0.611. The van der Waals surface area contributed by atoms with Gasteiger partial charge in [0.05, 0.1) is 6.20 Å². The zero-order valence-corrected chi connectivity index (χ0v) is 14.9. The summed E-state index contributed by atoms with van der Waals surface area (Å²) >= 11 is 0. The van der Waals surface area contributed by atoms with Crippen LogP contribution in [0.1, 0.15) is 62.6 Å². The Labute approximate surface area is 152 Å². The van der Waals surface area contributed by atoms with Crippen LogP contribution < -0.4 is 10.2 Å². The van der Waals surface area contributed by atoms with E-state index in [1.165, 1.54) is 19.2 Å². The number of nitrogens with zero attached hydrogens (tertiary/aromatic N) is 5. The monoisotopic (exact) mass is 356 g/mol. The molecule has 1 aliphatic carbocycles. The Hall–Kier alpha value is -2.51. The maximum Gasteiger partial charge on any atom is 0.227 e. The van der Waals surface area contributed by atoms with Gasteiger partial charge in [0.15, 0.2) is 11.6 Å². The van der Waals surface area contributed by atoms with Crippen LogP contribution in [-0.2, 0) is 11.2 Å². The fourth-order valence-electron chi connectivity index (χ4n) is 3.74. The van der Waals surface area contributed by atoms with Crippen LogP contribution in [0.2, 0.25) is 0 Å². The highest BCUT2D eigenvalue weighted by Gasteiger charge is 2.23. The lowest BCUT2D eigenvalue weighted by Gasteiger charge is -2.19. The Morgan fingerprint density at radius 1 is 1.23 bits per heavy atom. The lowest BCUT2D eigenvalue weighted by atomic mass is 10.1. The molecule has 1 aliphatic heterocycles. The van der Waals surface area contributed by atoms with Crippen LogP contribution in [0.15, 0.2) is 17.0 Å². The van der Waals surface area contributed by atoms with Crippen molar-refractivity contribution in [3.8, 4) is 0 Å². The van der Waals surface area contributed by atoms with Crippen LogP contribution in [0.5, 0.6) is 0 Å². The first-order valence-corrected chi connectivity index (χ1v) is 9.47. The molecule has 138 valence electrons. The molecule has 0 bridgehead atoms. The van der Waals surface area contributed by atoms with Crippen molar-refractivity contribution >= 4 is 17.4 Å². The molecule has 8 heteroatoms. The average Bonchev–Trinajstić information content (AvgIpc) is 3.42. The first-order valence-electron chi connectivity index (χ1n) is 9.47. The van der Waals surface area contributed by atoms with E-state index in [-0.39, 0.29) is 5.91 Å². The van der Waals surface area contributed by atoms with Crippen LogP contribution in [-0.4, -0.2) is 39.1 Å². The van der Waals surface area contributed by atoms with E-state index in [1.807, 2.05) is 0 Å². The SMILES string of the molecule is O=C(CCc1nc(C2CCCC2)no1)Nc1cncnc1N1CCCC1. The standard InChI is InChI=1S/C18H24N6O2/c25-15(7-8-16-22-17(23-26-16)13-5-1-2-6-13)21-14-11-19-12-20-18(14)24-9-3-4-10-24/h11-13H,1-10H2,(H,21,25). The number of carbonyl (C=O) groups excluding carboxylic acids is 1. The van der Waals surface area contributed by atoms with Crippen molar-refractivity contribution < 1.29 is 9.32 Å². The van der Waals surface area contributed by atoms with Crippen LogP contribution in [0.25, 0.3) is 0 Å². The van der Waals surface area contributed by atoms with Gasteiger partial charge in [0.25, 0.3) is 0 Å². The van der Waals surface area contributed by atoms with E-state index in [9.17, 15) is 4.79 Å². The summed E-state index contributed by atoms with van der Waals surface area (Å²) in [5, 5.41) is 7.01. The predicted molar refractivity (Wildman–Crippen MR) is 95.9 cm³/mol. The molecule has 2 aromatic heterocycles. The number of nitrogens with one attached hydrogen (secondary N) is 1. The molecule has 0 unspecified atom stereocenters. The summed E-state index contributed by atoms with van der Waals surface area (Å²) in [5.74, 6) is 2.45. The molecule has 2 aliphatic rings. The zero-order valence-electron chi connectivity index (χ0n) is 14.9. The van der Waals surface area contributed by atoms with Gasteiger partial charge in [-0.2, -0.15) is 4.98 Å². The maximum absolute atomic E-state index is 12.3. The minimum absolute atomic E-state index is 0.0964. The molecular weight excluding hydrogens is 332 g/mol. The average molecular weight is 356 g/mol. The Morgan fingerprint density at radius 3 is 2.85 bits per heavy atom. The van der Waals surface area contributed by atoms with Gasteiger partial charge in [-0.05, 0) is 25.7 Å². The number of aromatic nitrogens is 4. The number of carbonyl (C=O) groups is 1. The van der Waals surface area contributed by atoms with E-state index >= 15 is 0 Å². The molecule has 4 rings (SSSR count). The third kappa shape index (κ3) is 3.84. The van der Waals surface area contributed by atoms with E-state index in [0.29, 0.717) is 30.3 Å². The number of amides is 1. The molecule has 0 spiro atoms. The van der Waals surface area contributed by atoms with Crippen LogP contribution in [0, 0.1) is 0 Å². The highest BCUT2D eigenvalue weighted by molar-refractivity contribution is 5.93. The zero-order chi connectivity index (χ0) is 17.8. The lowest BCUT2D eigenvalue weighted by molar-refractivity contribution is -0.116. The topological polar surface area (TPSA) is 97.0 Å². The van der Waals surface area contributed by atoms with Crippen LogP contribution in [0.3, 0.4) is 0 Å². The molecule has 2 aromatic rings. The van der Waals surface area contributed by atoms with Crippen molar-refractivity contribution in [3.05, 3.63) is 24.2 Å². The summed E-state index contributed by atoms with van der Waals surface area (Å²) in [5.41, 5.74) is 0.663. The molecule has 1 N–H and O–H groups in total. The van der Waals surface area contributed by atoms with Gasteiger partial charge in [0, 0.05) is 31.8 Å². The molecule has 1 saturated carbocycles. The van der Waals surface area contributed by atoms with Gasteiger partial charge < -0.3 is 14.7 Å². The fourth-order valence-corrected chi connectivity index (χ4v) is 3.74. The predicted octanol–water partition coefficient (Wildman–Crippen LogP) is 2.69. The molecule has 2 fully saturated rings. The van der Waals surface area contributed by atoms with E-state index < -0.39 is 0 Å². The summed E-state index contributed by atoms with van der Waals surface area (Å²) in [6.07, 6.45) is 10.9. The number of hydrogen-bond acceptors (Lipinski definition) is 7. The van der Waals surface area contributed by atoms with Gasteiger partial charge in [0.1, 0.15) is 12.0 Å². The maximum atomic E-state index is 12.3. The second kappa shape index (κ2) is 7.80. The summed E-state index contributed by atoms with van der Waals surface area (Å²) in [4.78, 5) is 27.4. The second-order valence-electron chi connectivity index (χ2n) is 7.03. The number of anilines is 2. The highest BCUT2D eigenvalue weighted by Crippen LogP contribution is 2.32. The third-order valence-electron chi connectivity index (χ3n) is 5.14. The van der Waals surface area contributed by atoms with Gasteiger partial charge in [-0.15, -0.1) is 0 Å². The van der Waals surface area contributed by atoms with Gasteiger partial charge in [-0.1, -0.05) is 18.0 Å². The van der Waals surface area contributed by atoms with E-state index in [2.05, 4.69) is 30.3 Å². The molecular formula is C18H24N6O2. The smallest absolute Gasteiger partial charge is 0.227 e. The summed E-state index contributed by atoms with van der Waals surface area (Å²) in [7, 11) is 0. The van der Waals surface area contributed by atoms with E-state index in [0.717, 1.165) is 50.4 Å². The summed E-state index contributed by atoms with van der Waals surface area (Å²) in [6.45, 7) is 1.93. The first-order chi connectivity index (χ1) is 12.8. The largest absolute Gasteiger partial charge is 0.355 e. The second-order valence-corrected chi connectivity index (χ2v) is 7.03. The van der Waals surface area contributed by atoms with Gasteiger partial charge in [0.2, 0.25) is 11.8 Å². The quantitative estimate of drug-likeness (QED) is 0.850. The molecule has 3 heterocycles. The first kappa shape index (κ1) is 16.9. The molecule has 0 radical (unpaired) electrons. The molecule has 0 aromatic carbocycles. The van der Waals surface area contributed by atoms with Crippen LogP contribution in [0.4, 0.5) is 11.5 Å². The van der Waals surface area contributed by atoms with Gasteiger partial charge in [-0.3, -0.25) is 4.79 Å². The van der Waals surface area contributed by atoms with Crippen LogP contribution >= 0.6 is 0 Å². The van der Waals surface area contributed by atoms with E-state index in [4.69, 9.17) is 4.52 Å². The van der Waals surface area contributed by atoms with Gasteiger partial charge in [-0.25, -0.2) is 9.97 Å². The lowest BCUT2D eigenvalue weighted by Crippen LogP contribution is -2.22. The van der Waals surface area contributed by atoms with E-state index in [1.54, 1.807) is 6.20 Å². The highest BCUT2D eigenvalue weighted by atomic mass is 16.5. The number of aryl methyl sites for hydroxylation is 1. The normalized spacial score (nSPS) is 17.8. The third-order valence-corrected chi connectivity index (χ3v) is 5.14. The molecule has 1 amide bonds. The number of hydrogen-bond donors (Lipinski definition) is 1. The Balaban J connectivity index is 1.33. The van der Waals surface area contributed by atoms with Crippen molar-refractivity contribution in [1.29, 1.82) is 0 Å². The Morgan fingerprint density at radius 2 is 2.04 bits per heavy atom. The Kier molecular flexibility index (Phi) is 5.08. The van der Waals surface area contributed by atoms with Crippen molar-refractivity contribution in [1.82, 2.24) is 20.1 Å².